The summed E-state index contributed by atoms with van der Waals surface area (Å²) >= 11 is 3.23. The SMILES string of the molecule is O=C(CN1CSCC1=O)N1CCN(Cc2nc3sc4c(c3c(=O)[nH]2)CCCC4)CC1. The topological polar surface area (TPSA) is 89.6 Å². The van der Waals surface area contributed by atoms with Gasteiger partial charge < -0.3 is 14.8 Å². The maximum Gasteiger partial charge on any atom is 0.259 e. The number of piperazine rings is 1. The van der Waals surface area contributed by atoms with Crippen molar-refractivity contribution in [1.29, 1.82) is 0 Å². The van der Waals surface area contributed by atoms with Gasteiger partial charge >= 0.3 is 0 Å². The fraction of sp³-hybridized carbons (Fsp3) is 0.600. The van der Waals surface area contributed by atoms with E-state index in [0.29, 0.717) is 37.1 Å². The molecule has 1 aliphatic carbocycles. The number of hydrogen-bond acceptors (Lipinski definition) is 7. The lowest BCUT2D eigenvalue weighted by atomic mass is 9.97. The van der Waals surface area contributed by atoms with E-state index < -0.39 is 0 Å². The van der Waals surface area contributed by atoms with Gasteiger partial charge in [0.25, 0.3) is 5.56 Å². The Hall–Kier alpha value is -1.91. The lowest BCUT2D eigenvalue weighted by Gasteiger charge is -2.35. The third-order valence-electron chi connectivity index (χ3n) is 6.12. The molecule has 0 aromatic carbocycles. The van der Waals surface area contributed by atoms with Crippen LogP contribution < -0.4 is 5.56 Å². The largest absolute Gasteiger partial charge is 0.339 e. The summed E-state index contributed by atoms with van der Waals surface area (Å²) in [5, 5.41) is 0.795. The molecule has 10 heteroatoms. The Labute approximate surface area is 182 Å². The first-order chi connectivity index (χ1) is 14.6. The molecule has 160 valence electrons. The van der Waals surface area contributed by atoms with E-state index in [1.807, 2.05) is 4.90 Å². The number of aryl methyl sites for hydroxylation is 2. The standard InChI is InChI=1S/C20H25N5O3S2/c26-16(10-25-12-29-11-17(25)27)24-7-5-23(6-8-24)9-15-21-19(28)18-13-3-1-2-4-14(13)30-20(18)22-15/h1-12H2,(H,21,22,28). The molecule has 2 aromatic rings. The van der Waals surface area contributed by atoms with Crippen molar-refractivity contribution in [1.82, 2.24) is 24.7 Å². The minimum Gasteiger partial charge on any atom is -0.339 e. The van der Waals surface area contributed by atoms with Crippen LogP contribution in [0.3, 0.4) is 0 Å². The van der Waals surface area contributed by atoms with Gasteiger partial charge in [0.15, 0.2) is 0 Å². The van der Waals surface area contributed by atoms with Crippen LogP contribution >= 0.6 is 23.1 Å². The second-order valence-corrected chi connectivity index (χ2v) is 10.2. The summed E-state index contributed by atoms with van der Waals surface area (Å²) in [7, 11) is 0. The third kappa shape index (κ3) is 3.88. The molecule has 8 nitrogen and oxygen atoms in total. The molecule has 0 bridgehead atoms. The number of aromatic nitrogens is 2. The number of rotatable bonds is 4. The molecule has 2 amide bonds. The zero-order valence-corrected chi connectivity index (χ0v) is 18.4. The van der Waals surface area contributed by atoms with Gasteiger partial charge in [0, 0.05) is 31.1 Å². The number of fused-ring (bicyclic) bond motifs is 3. The van der Waals surface area contributed by atoms with E-state index in [4.69, 9.17) is 4.98 Å². The van der Waals surface area contributed by atoms with Crippen LogP contribution in [0.25, 0.3) is 10.2 Å². The van der Waals surface area contributed by atoms with Crippen molar-refractivity contribution in [2.75, 3.05) is 44.4 Å². The predicted molar refractivity (Wildman–Crippen MR) is 118 cm³/mol. The molecule has 2 aromatic heterocycles. The number of amides is 2. The lowest BCUT2D eigenvalue weighted by molar-refractivity contribution is -0.139. The molecule has 5 rings (SSSR count). The van der Waals surface area contributed by atoms with Crippen molar-refractivity contribution in [3.05, 3.63) is 26.6 Å². The zero-order valence-electron chi connectivity index (χ0n) is 16.8. The van der Waals surface area contributed by atoms with E-state index in [9.17, 15) is 14.4 Å². The van der Waals surface area contributed by atoms with E-state index >= 15 is 0 Å². The molecule has 3 aliphatic rings. The van der Waals surface area contributed by atoms with Crippen molar-refractivity contribution in [3.8, 4) is 0 Å². The Morgan fingerprint density at radius 1 is 1.10 bits per heavy atom. The average molecular weight is 448 g/mol. The smallest absolute Gasteiger partial charge is 0.259 e. The first-order valence-electron chi connectivity index (χ1n) is 10.5. The van der Waals surface area contributed by atoms with E-state index in [-0.39, 0.29) is 23.9 Å². The van der Waals surface area contributed by atoms with Gasteiger partial charge in [0.05, 0.1) is 23.6 Å². The molecule has 2 aliphatic heterocycles. The van der Waals surface area contributed by atoms with Crippen LogP contribution in [-0.4, -0.2) is 80.8 Å². The van der Waals surface area contributed by atoms with Gasteiger partial charge in [-0.1, -0.05) is 0 Å². The predicted octanol–water partition coefficient (Wildman–Crippen LogP) is 1.04. The molecule has 2 fully saturated rings. The highest BCUT2D eigenvalue weighted by Gasteiger charge is 2.28. The Balaban J connectivity index is 1.21. The molecule has 0 spiro atoms. The first-order valence-corrected chi connectivity index (χ1v) is 12.4. The summed E-state index contributed by atoms with van der Waals surface area (Å²) in [6, 6.07) is 0. The summed E-state index contributed by atoms with van der Waals surface area (Å²) < 4.78 is 0. The molecule has 0 atom stereocenters. The second-order valence-electron chi connectivity index (χ2n) is 8.13. The Morgan fingerprint density at radius 3 is 2.67 bits per heavy atom. The lowest BCUT2D eigenvalue weighted by Crippen LogP contribution is -2.51. The quantitative estimate of drug-likeness (QED) is 0.753. The van der Waals surface area contributed by atoms with Crippen molar-refractivity contribution < 1.29 is 9.59 Å². The number of nitrogens with one attached hydrogen (secondary N) is 1. The number of carbonyl (C=O) groups excluding carboxylic acids is 2. The monoisotopic (exact) mass is 447 g/mol. The van der Waals surface area contributed by atoms with Gasteiger partial charge in [-0.25, -0.2) is 4.98 Å². The Kier molecular flexibility index (Phi) is 5.55. The summed E-state index contributed by atoms with van der Waals surface area (Å²) in [4.78, 5) is 52.6. The van der Waals surface area contributed by atoms with Gasteiger partial charge in [-0.2, -0.15) is 0 Å². The minimum absolute atomic E-state index is 0.0163. The molecular weight excluding hydrogens is 422 g/mol. The summed E-state index contributed by atoms with van der Waals surface area (Å²) in [5.41, 5.74) is 1.19. The van der Waals surface area contributed by atoms with Crippen LogP contribution in [0.15, 0.2) is 4.79 Å². The minimum atomic E-state index is -0.0173. The number of thioether (sulfide) groups is 1. The van der Waals surface area contributed by atoms with Crippen LogP contribution in [0.2, 0.25) is 0 Å². The molecule has 0 saturated carbocycles. The average Bonchev–Trinajstić information content (AvgIpc) is 3.31. The highest BCUT2D eigenvalue weighted by Crippen LogP contribution is 2.33. The zero-order chi connectivity index (χ0) is 20.7. The van der Waals surface area contributed by atoms with E-state index in [2.05, 4.69) is 9.88 Å². The highest BCUT2D eigenvalue weighted by molar-refractivity contribution is 8.00. The molecule has 1 N–H and O–H groups in total. The maximum absolute atomic E-state index is 12.7. The summed E-state index contributed by atoms with van der Waals surface area (Å²) in [5.74, 6) is 1.85. The van der Waals surface area contributed by atoms with Crippen LogP contribution in [-0.2, 0) is 29.0 Å². The molecule has 0 radical (unpaired) electrons. The number of carbonyl (C=O) groups is 2. The van der Waals surface area contributed by atoms with Crippen molar-refractivity contribution in [2.24, 2.45) is 0 Å². The van der Waals surface area contributed by atoms with Gasteiger partial charge in [-0.05, 0) is 31.2 Å². The van der Waals surface area contributed by atoms with Crippen LogP contribution in [0.5, 0.6) is 0 Å². The van der Waals surface area contributed by atoms with E-state index in [1.54, 1.807) is 28.0 Å². The number of nitrogens with zero attached hydrogens (tertiary/aromatic N) is 4. The molecule has 4 heterocycles. The van der Waals surface area contributed by atoms with Gasteiger partial charge in [-0.3, -0.25) is 19.3 Å². The van der Waals surface area contributed by atoms with E-state index in [1.165, 1.54) is 16.9 Å². The van der Waals surface area contributed by atoms with Crippen LogP contribution in [0.4, 0.5) is 0 Å². The Morgan fingerprint density at radius 2 is 1.90 bits per heavy atom. The molecule has 2 saturated heterocycles. The fourth-order valence-corrected chi connectivity index (χ4v) is 6.64. The van der Waals surface area contributed by atoms with Gasteiger partial charge in [-0.15, -0.1) is 23.1 Å². The van der Waals surface area contributed by atoms with Crippen molar-refractivity contribution >= 4 is 45.1 Å². The fourth-order valence-electron chi connectivity index (χ4n) is 4.45. The third-order valence-corrected chi connectivity index (χ3v) is 8.25. The van der Waals surface area contributed by atoms with Crippen molar-refractivity contribution in [2.45, 2.75) is 32.2 Å². The number of H-pyrrole nitrogens is 1. The van der Waals surface area contributed by atoms with Crippen LogP contribution in [0, 0.1) is 0 Å². The van der Waals surface area contributed by atoms with Gasteiger partial charge in [0.1, 0.15) is 17.2 Å². The normalized spacial score (nSPS) is 20.2. The van der Waals surface area contributed by atoms with Crippen molar-refractivity contribution in [3.63, 3.8) is 0 Å². The molecular formula is C20H25N5O3S2. The molecule has 30 heavy (non-hydrogen) atoms. The van der Waals surface area contributed by atoms with Crippen LogP contribution in [0.1, 0.15) is 29.1 Å². The maximum atomic E-state index is 12.7. The van der Waals surface area contributed by atoms with E-state index in [0.717, 1.165) is 42.6 Å². The van der Waals surface area contributed by atoms with Gasteiger partial charge in [0.2, 0.25) is 11.8 Å². The highest BCUT2D eigenvalue weighted by atomic mass is 32.2. The molecule has 0 unspecified atom stereocenters. The second kappa shape index (κ2) is 8.32. The number of thiophene rings is 1. The first kappa shape index (κ1) is 20.0. The number of aromatic amines is 1. The number of hydrogen-bond donors (Lipinski definition) is 1. The summed E-state index contributed by atoms with van der Waals surface area (Å²) in [6.45, 7) is 3.49. The Bertz CT molecular complexity index is 1040. The summed E-state index contributed by atoms with van der Waals surface area (Å²) in [6.07, 6.45) is 4.38.